The van der Waals surface area contributed by atoms with Crippen molar-refractivity contribution in [3.63, 3.8) is 0 Å². The number of carbonyl (C=O) groups is 2. The van der Waals surface area contributed by atoms with Gasteiger partial charge in [-0.2, -0.15) is 0 Å². The van der Waals surface area contributed by atoms with Crippen LogP contribution < -0.4 is 4.90 Å². The first-order valence-corrected chi connectivity index (χ1v) is 12.4. The minimum Gasteiger partial charge on any atom is -0.494 e. The quantitative estimate of drug-likeness (QED) is 0.255. The molecular formula is C29H29ClN4O4. The first-order valence-electron chi connectivity index (χ1n) is 12.1. The Morgan fingerprint density at radius 3 is 2.39 bits per heavy atom. The number of nitrogens with one attached hydrogen (secondary N) is 1. The van der Waals surface area contributed by atoms with E-state index in [0.29, 0.717) is 45.2 Å². The van der Waals surface area contributed by atoms with Gasteiger partial charge in [-0.05, 0) is 62.1 Å². The van der Waals surface area contributed by atoms with Crippen LogP contribution in [-0.4, -0.2) is 64.9 Å². The number of carboxylic acids is 1. The highest BCUT2D eigenvalue weighted by molar-refractivity contribution is 6.31. The van der Waals surface area contributed by atoms with E-state index in [9.17, 15) is 19.8 Å². The van der Waals surface area contributed by atoms with Gasteiger partial charge < -0.3 is 25.0 Å². The number of benzene rings is 3. The number of anilines is 1. The summed E-state index contributed by atoms with van der Waals surface area (Å²) >= 11 is 6.16. The fourth-order valence-corrected chi connectivity index (χ4v) is 4.44. The predicted octanol–water partition coefficient (Wildman–Crippen LogP) is 5.24. The third kappa shape index (κ3) is 6.22. The number of aromatic hydroxyl groups is 1. The predicted molar refractivity (Wildman–Crippen MR) is 151 cm³/mol. The summed E-state index contributed by atoms with van der Waals surface area (Å²) in [5.41, 5.74) is 4.21. The summed E-state index contributed by atoms with van der Waals surface area (Å²) in [6, 6.07) is 19.6. The van der Waals surface area contributed by atoms with Crippen molar-refractivity contribution in [1.82, 2.24) is 9.88 Å². The fourth-order valence-electron chi connectivity index (χ4n) is 4.27. The molecule has 0 atom stereocenters. The van der Waals surface area contributed by atoms with Crippen LogP contribution in [0.25, 0.3) is 10.9 Å². The lowest BCUT2D eigenvalue weighted by molar-refractivity contribution is -0.136. The zero-order valence-corrected chi connectivity index (χ0v) is 22.2. The zero-order chi connectivity index (χ0) is 27.4. The number of carbonyl (C=O) groups excluding carboxylic acids is 1. The molecule has 0 aliphatic rings. The normalized spacial score (nSPS) is 11.8. The van der Waals surface area contributed by atoms with Crippen molar-refractivity contribution in [2.45, 2.75) is 13.3 Å². The summed E-state index contributed by atoms with van der Waals surface area (Å²) in [6.45, 7) is 2.81. The van der Waals surface area contributed by atoms with E-state index in [0.717, 1.165) is 17.6 Å². The minimum absolute atomic E-state index is 0.0542. The van der Waals surface area contributed by atoms with Gasteiger partial charge in [0.1, 0.15) is 0 Å². The van der Waals surface area contributed by atoms with E-state index in [2.05, 4.69) is 4.98 Å². The number of hydrogen-bond donors (Lipinski definition) is 3. The number of nitrogens with zero attached hydrogens (tertiary/aromatic N) is 3. The van der Waals surface area contributed by atoms with E-state index in [4.69, 9.17) is 16.6 Å². The van der Waals surface area contributed by atoms with Crippen molar-refractivity contribution in [2.75, 3.05) is 32.1 Å². The highest BCUT2D eigenvalue weighted by atomic mass is 35.5. The number of hydrogen-bond acceptors (Lipinski definition) is 5. The van der Waals surface area contributed by atoms with E-state index in [-0.39, 0.29) is 18.2 Å². The van der Waals surface area contributed by atoms with Crippen LogP contribution in [0.1, 0.15) is 23.6 Å². The van der Waals surface area contributed by atoms with Gasteiger partial charge in [0.2, 0.25) is 5.91 Å². The molecule has 3 N–H and O–H groups in total. The fraction of sp³-hybridized carbons (Fsp3) is 0.207. The molecule has 0 fully saturated rings. The minimum atomic E-state index is -0.940. The van der Waals surface area contributed by atoms with E-state index >= 15 is 0 Å². The molecule has 38 heavy (non-hydrogen) atoms. The second kappa shape index (κ2) is 11.5. The topological polar surface area (TPSA) is 109 Å². The summed E-state index contributed by atoms with van der Waals surface area (Å²) in [5.74, 6) is -1.07. The number of halogens is 1. The lowest BCUT2D eigenvalue weighted by Gasteiger charge is -2.23. The first-order chi connectivity index (χ1) is 18.1. The Balaban J connectivity index is 1.82. The summed E-state index contributed by atoms with van der Waals surface area (Å²) in [5, 5.41) is 21.4. The Morgan fingerprint density at radius 1 is 1.00 bits per heavy atom. The van der Waals surface area contributed by atoms with Crippen molar-refractivity contribution in [2.24, 2.45) is 4.99 Å². The van der Waals surface area contributed by atoms with Crippen molar-refractivity contribution >= 4 is 51.5 Å². The number of aliphatic imine (C=N–C) groups is 1. The van der Waals surface area contributed by atoms with E-state index in [1.807, 2.05) is 49.3 Å². The van der Waals surface area contributed by atoms with E-state index in [1.54, 1.807) is 41.3 Å². The van der Waals surface area contributed by atoms with Gasteiger partial charge in [-0.1, -0.05) is 35.9 Å². The molecule has 8 nitrogen and oxygen atoms in total. The van der Waals surface area contributed by atoms with Gasteiger partial charge in [0, 0.05) is 41.7 Å². The molecule has 4 rings (SSSR count). The van der Waals surface area contributed by atoms with Crippen LogP contribution in [-0.2, 0) is 16.0 Å². The Labute approximate surface area is 225 Å². The molecule has 0 aliphatic carbocycles. The molecule has 0 radical (unpaired) electrons. The largest absolute Gasteiger partial charge is 0.494 e. The molecule has 0 saturated heterocycles. The van der Waals surface area contributed by atoms with Crippen LogP contribution in [0.3, 0.4) is 0 Å². The van der Waals surface area contributed by atoms with Crippen LogP contribution in [0.5, 0.6) is 5.88 Å². The summed E-state index contributed by atoms with van der Waals surface area (Å²) in [6.07, 6.45) is -0.140. The van der Waals surface area contributed by atoms with Gasteiger partial charge in [0.15, 0.2) is 5.88 Å². The van der Waals surface area contributed by atoms with Gasteiger partial charge >= 0.3 is 5.97 Å². The SMILES string of the molecule is CC(=O)N(CCN(C)C)c1ccc(N=C(c2cccc(CC(=O)O)c2)c2c(O)[nH]c3cc(Cl)ccc23)cc1. The highest BCUT2D eigenvalue weighted by Gasteiger charge is 2.20. The maximum Gasteiger partial charge on any atom is 0.307 e. The van der Waals surface area contributed by atoms with Crippen molar-refractivity contribution < 1.29 is 19.8 Å². The second-order valence-corrected chi connectivity index (χ2v) is 9.70. The van der Waals surface area contributed by atoms with Crippen molar-refractivity contribution in [1.29, 1.82) is 0 Å². The molecular weight excluding hydrogens is 504 g/mol. The smallest absolute Gasteiger partial charge is 0.307 e. The van der Waals surface area contributed by atoms with Gasteiger partial charge in [-0.3, -0.25) is 9.59 Å². The molecule has 196 valence electrons. The van der Waals surface area contributed by atoms with Gasteiger partial charge in [-0.25, -0.2) is 4.99 Å². The first kappa shape index (κ1) is 26.9. The van der Waals surface area contributed by atoms with Gasteiger partial charge in [0.25, 0.3) is 0 Å². The van der Waals surface area contributed by atoms with Crippen LogP contribution in [0.2, 0.25) is 5.02 Å². The standard InChI is InChI=1S/C29H29ClN4O4/c1-18(35)34(14-13-33(2)3)23-10-8-22(9-11-23)31-28(20-6-4-5-19(15-20)16-26(36)37)27-24-12-7-21(30)17-25(24)32-29(27)38/h4-12,15,17,32,38H,13-14,16H2,1-3H3,(H,36,37). The third-order valence-corrected chi connectivity index (χ3v) is 6.32. The number of carboxylic acid groups (broad SMARTS) is 1. The Hall–Kier alpha value is -4.14. The molecule has 0 bridgehead atoms. The summed E-state index contributed by atoms with van der Waals surface area (Å²) in [4.78, 5) is 35.2. The molecule has 0 aliphatic heterocycles. The second-order valence-electron chi connectivity index (χ2n) is 9.26. The number of amides is 1. The molecule has 0 unspecified atom stereocenters. The summed E-state index contributed by atoms with van der Waals surface area (Å²) < 4.78 is 0. The highest BCUT2D eigenvalue weighted by Crippen LogP contribution is 2.33. The molecule has 0 spiro atoms. The van der Waals surface area contributed by atoms with Crippen LogP contribution in [0.15, 0.2) is 71.7 Å². The number of H-pyrrole nitrogens is 1. The van der Waals surface area contributed by atoms with Gasteiger partial charge in [0.05, 0.1) is 28.9 Å². The number of rotatable bonds is 9. The average Bonchev–Trinajstić information content (AvgIpc) is 3.17. The molecule has 3 aromatic carbocycles. The Morgan fingerprint density at radius 2 is 1.74 bits per heavy atom. The molecule has 0 saturated carbocycles. The van der Waals surface area contributed by atoms with Gasteiger partial charge in [-0.15, -0.1) is 0 Å². The monoisotopic (exact) mass is 532 g/mol. The maximum absolute atomic E-state index is 12.3. The number of fused-ring (bicyclic) bond motifs is 1. The van der Waals surface area contributed by atoms with Crippen molar-refractivity contribution in [3.8, 4) is 5.88 Å². The maximum atomic E-state index is 12.3. The molecule has 1 amide bonds. The zero-order valence-electron chi connectivity index (χ0n) is 21.4. The Bertz CT molecular complexity index is 1510. The Kier molecular flexibility index (Phi) is 8.14. The molecule has 9 heteroatoms. The lowest BCUT2D eigenvalue weighted by Crippen LogP contribution is -2.35. The molecule has 4 aromatic rings. The number of likely N-dealkylation sites (N-methyl/N-ethyl adjacent to an activating group) is 1. The van der Waals surface area contributed by atoms with E-state index in [1.165, 1.54) is 6.92 Å². The van der Waals surface area contributed by atoms with Crippen LogP contribution >= 0.6 is 11.6 Å². The van der Waals surface area contributed by atoms with Crippen LogP contribution in [0, 0.1) is 0 Å². The van der Waals surface area contributed by atoms with E-state index < -0.39 is 5.97 Å². The molecule has 1 heterocycles. The molecule has 1 aromatic heterocycles. The third-order valence-electron chi connectivity index (χ3n) is 6.09. The number of aromatic amines is 1. The van der Waals surface area contributed by atoms with Crippen molar-refractivity contribution in [3.05, 3.63) is 88.4 Å². The lowest BCUT2D eigenvalue weighted by atomic mass is 9.98. The van der Waals surface area contributed by atoms with Crippen LogP contribution in [0.4, 0.5) is 11.4 Å². The average molecular weight is 533 g/mol. The number of aromatic nitrogens is 1. The number of aliphatic carboxylic acids is 1. The summed E-state index contributed by atoms with van der Waals surface area (Å²) in [7, 11) is 3.91.